The smallest absolute Gasteiger partial charge is 0.337 e. The van der Waals surface area contributed by atoms with Gasteiger partial charge in [-0.1, -0.05) is 17.7 Å². The van der Waals surface area contributed by atoms with Crippen LogP contribution in [0.15, 0.2) is 12.1 Å². The molecule has 80 valence electrons. The molecule has 3 heteroatoms. The summed E-state index contributed by atoms with van der Waals surface area (Å²) in [6, 6.07) is 4.00. The lowest BCUT2D eigenvalue weighted by atomic mass is 9.91. The minimum absolute atomic E-state index is 0.494. The molecule has 1 aliphatic rings. The lowest BCUT2D eigenvalue weighted by Crippen LogP contribution is -2.23. The van der Waals surface area contributed by atoms with Crippen molar-refractivity contribution < 1.29 is 14.6 Å². The van der Waals surface area contributed by atoms with Gasteiger partial charge in [-0.2, -0.15) is 0 Å². The maximum atomic E-state index is 11.0. The molecule has 0 aliphatic carbocycles. The van der Waals surface area contributed by atoms with Crippen molar-refractivity contribution in [3.8, 4) is 0 Å². The summed E-state index contributed by atoms with van der Waals surface area (Å²) in [5, 5.41) is 9.04. The predicted molar refractivity (Wildman–Crippen MR) is 55.9 cm³/mol. The topological polar surface area (TPSA) is 46.5 Å². The molecule has 0 saturated heterocycles. The molecule has 0 spiro atoms. The fourth-order valence-corrected chi connectivity index (χ4v) is 2.18. The molecule has 2 rings (SSSR count). The Morgan fingerprint density at radius 1 is 1.47 bits per heavy atom. The van der Waals surface area contributed by atoms with E-state index in [0.717, 1.165) is 23.1 Å². The van der Waals surface area contributed by atoms with Gasteiger partial charge in [0.2, 0.25) is 0 Å². The van der Waals surface area contributed by atoms with Gasteiger partial charge in [0.25, 0.3) is 0 Å². The first-order valence-corrected chi connectivity index (χ1v) is 5.04. The fraction of sp³-hybridized carbons (Fsp3) is 0.417. The van der Waals surface area contributed by atoms with Gasteiger partial charge in [-0.15, -0.1) is 0 Å². The molecule has 0 bridgehead atoms. The lowest BCUT2D eigenvalue weighted by molar-refractivity contribution is -0.151. The number of carboxylic acids is 1. The van der Waals surface area contributed by atoms with Gasteiger partial charge in [-0.3, -0.25) is 0 Å². The van der Waals surface area contributed by atoms with Crippen LogP contribution in [0.1, 0.15) is 28.4 Å². The summed E-state index contributed by atoms with van der Waals surface area (Å²) in [4.78, 5) is 11.0. The summed E-state index contributed by atoms with van der Waals surface area (Å²) in [5.41, 5.74) is 4.22. The number of carboxylic acid groups (broad SMARTS) is 1. The SMILES string of the molecule is Cc1cc(C)c2c(c1)C(C(=O)O)OCC2. The van der Waals surface area contributed by atoms with Crippen molar-refractivity contribution in [2.75, 3.05) is 6.61 Å². The third kappa shape index (κ3) is 1.75. The molecular formula is C12H14O3. The second-order valence-corrected chi connectivity index (χ2v) is 3.99. The van der Waals surface area contributed by atoms with Crippen molar-refractivity contribution in [1.29, 1.82) is 0 Å². The van der Waals surface area contributed by atoms with E-state index in [4.69, 9.17) is 9.84 Å². The number of fused-ring (bicyclic) bond motifs is 1. The molecule has 1 N–H and O–H groups in total. The number of rotatable bonds is 1. The molecule has 1 aromatic rings. The van der Waals surface area contributed by atoms with E-state index in [1.54, 1.807) is 0 Å². The van der Waals surface area contributed by atoms with E-state index in [9.17, 15) is 4.79 Å². The highest BCUT2D eigenvalue weighted by Gasteiger charge is 2.27. The number of benzene rings is 1. The molecule has 0 amide bonds. The van der Waals surface area contributed by atoms with Crippen LogP contribution in [0.25, 0.3) is 0 Å². The molecule has 3 nitrogen and oxygen atoms in total. The van der Waals surface area contributed by atoms with Crippen molar-refractivity contribution in [3.63, 3.8) is 0 Å². The second-order valence-electron chi connectivity index (χ2n) is 3.99. The highest BCUT2D eigenvalue weighted by atomic mass is 16.5. The maximum Gasteiger partial charge on any atom is 0.337 e. The summed E-state index contributed by atoms with van der Waals surface area (Å²) < 4.78 is 5.28. The number of aryl methyl sites for hydroxylation is 2. The van der Waals surface area contributed by atoms with Gasteiger partial charge in [-0.05, 0) is 37.0 Å². The Labute approximate surface area is 88.7 Å². The van der Waals surface area contributed by atoms with Crippen molar-refractivity contribution in [2.45, 2.75) is 26.4 Å². The van der Waals surface area contributed by atoms with E-state index in [0.29, 0.717) is 6.61 Å². The van der Waals surface area contributed by atoms with Crippen LogP contribution in [-0.4, -0.2) is 17.7 Å². The summed E-state index contributed by atoms with van der Waals surface area (Å²) >= 11 is 0. The van der Waals surface area contributed by atoms with E-state index in [-0.39, 0.29) is 0 Å². The normalized spacial score (nSPS) is 19.7. The van der Waals surface area contributed by atoms with Gasteiger partial charge >= 0.3 is 5.97 Å². The third-order valence-electron chi connectivity index (χ3n) is 2.80. The molecule has 1 unspecified atom stereocenters. The fourth-order valence-electron chi connectivity index (χ4n) is 2.18. The average Bonchev–Trinajstić information content (AvgIpc) is 2.16. The zero-order valence-corrected chi connectivity index (χ0v) is 8.91. The molecule has 0 saturated carbocycles. The average molecular weight is 206 g/mol. The van der Waals surface area contributed by atoms with Crippen molar-refractivity contribution in [2.24, 2.45) is 0 Å². The Hall–Kier alpha value is -1.35. The van der Waals surface area contributed by atoms with E-state index >= 15 is 0 Å². The van der Waals surface area contributed by atoms with Crippen molar-refractivity contribution in [1.82, 2.24) is 0 Å². The summed E-state index contributed by atoms with van der Waals surface area (Å²) in [6.07, 6.45) is 0.0259. The molecule has 1 atom stereocenters. The van der Waals surface area contributed by atoms with Crippen LogP contribution in [0.5, 0.6) is 0 Å². The first-order chi connectivity index (χ1) is 7.09. The molecule has 15 heavy (non-hydrogen) atoms. The summed E-state index contributed by atoms with van der Waals surface area (Å²) in [7, 11) is 0. The van der Waals surface area contributed by atoms with E-state index in [1.807, 2.05) is 19.9 Å². The number of ether oxygens (including phenoxy) is 1. The van der Waals surface area contributed by atoms with Crippen LogP contribution in [0.4, 0.5) is 0 Å². The van der Waals surface area contributed by atoms with Crippen LogP contribution in [0, 0.1) is 13.8 Å². The molecule has 1 aliphatic heterocycles. The molecule has 0 fully saturated rings. The predicted octanol–water partition coefficient (Wildman–Crippen LogP) is 2.00. The number of hydrogen-bond donors (Lipinski definition) is 1. The second kappa shape index (κ2) is 3.66. The van der Waals surface area contributed by atoms with Crippen molar-refractivity contribution >= 4 is 5.97 Å². The monoisotopic (exact) mass is 206 g/mol. The molecule has 1 aromatic carbocycles. The molecule has 0 radical (unpaired) electrons. The van der Waals surface area contributed by atoms with Crippen molar-refractivity contribution in [3.05, 3.63) is 34.4 Å². The molecule has 0 aromatic heterocycles. The largest absolute Gasteiger partial charge is 0.479 e. The van der Waals surface area contributed by atoms with Gasteiger partial charge in [0.05, 0.1) is 6.61 Å². The van der Waals surface area contributed by atoms with E-state index in [2.05, 4.69) is 6.07 Å². The number of hydrogen-bond acceptors (Lipinski definition) is 2. The van der Waals surface area contributed by atoms with Gasteiger partial charge in [0.1, 0.15) is 0 Å². The summed E-state index contributed by atoms with van der Waals surface area (Å²) in [5.74, 6) is -0.902. The van der Waals surface area contributed by atoms with Crippen LogP contribution in [-0.2, 0) is 16.0 Å². The van der Waals surface area contributed by atoms with Gasteiger partial charge in [-0.25, -0.2) is 4.79 Å². The van der Waals surface area contributed by atoms with Crippen LogP contribution in [0.3, 0.4) is 0 Å². The zero-order chi connectivity index (χ0) is 11.0. The first kappa shape index (κ1) is 10.2. The number of carbonyl (C=O) groups is 1. The Bertz CT molecular complexity index is 410. The quantitative estimate of drug-likeness (QED) is 0.764. The lowest BCUT2D eigenvalue weighted by Gasteiger charge is -2.25. The minimum Gasteiger partial charge on any atom is -0.479 e. The highest BCUT2D eigenvalue weighted by molar-refractivity contribution is 5.75. The van der Waals surface area contributed by atoms with E-state index < -0.39 is 12.1 Å². The zero-order valence-electron chi connectivity index (χ0n) is 8.91. The Balaban J connectivity index is 2.55. The number of aliphatic carboxylic acids is 1. The highest BCUT2D eigenvalue weighted by Crippen LogP contribution is 2.30. The Kier molecular flexibility index (Phi) is 2.49. The van der Waals surface area contributed by atoms with Crippen LogP contribution in [0.2, 0.25) is 0 Å². The first-order valence-electron chi connectivity index (χ1n) is 5.04. The Morgan fingerprint density at radius 2 is 2.20 bits per heavy atom. The maximum absolute atomic E-state index is 11.0. The molecule has 1 heterocycles. The molecular weight excluding hydrogens is 192 g/mol. The minimum atomic E-state index is -0.902. The Morgan fingerprint density at radius 3 is 2.87 bits per heavy atom. The van der Waals surface area contributed by atoms with Gasteiger partial charge in [0.15, 0.2) is 6.10 Å². The third-order valence-corrected chi connectivity index (χ3v) is 2.80. The van der Waals surface area contributed by atoms with E-state index in [1.165, 1.54) is 5.56 Å². The van der Waals surface area contributed by atoms with Gasteiger partial charge < -0.3 is 9.84 Å². The van der Waals surface area contributed by atoms with Crippen LogP contribution < -0.4 is 0 Å². The summed E-state index contributed by atoms with van der Waals surface area (Å²) in [6.45, 7) is 4.49. The van der Waals surface area contributed by atoms with Crippen LogP contribution >= 0.6 is 0 Å². The standard InChI is InChI=1S/C12H14O3/c1-7-5-8(2)9-3-4-15-11(12(13)14)10(9)6-7/h5-6,11H,3-4H2,1-2H3,(H,13,14). The van der Waals surface area contributed by atoms with Gasteiger partial charge in [0, 0.05) is 0 Å².